The highest BCUT2D eigenvalue weighted by atomic mass is 16.5. The molecule has 0 bridgehead atoms. The molecule has 19 heavy (non-hydrogen) atoms. The molecule has 4 nitrogen and oxygen atoms in total. The lowest BCUT2D eigenvalue weighted by molar-refractivity contribution is -0.137. The van der Waals surface area contributed by atoms with Crippen molar-refractivity contribution in [2.75, 3.05) is 27.2 Å². The average molecular weight is 265 g/mol. The Bertz CT molecular complexity index is 420. The van der Waals surface area contributed by atoms with Crippen LogP contribution in [-0.4, -0.2) is 43.2 Å². The lowest BCUT2D eigenvalue weighted by Crippen LogP contribution is -2.24. The Morgan fingerprint density at radius 2 is 1.84 bits per heavy atom. The summed E-state index contributed by atoms with van der Waals surface area (Å²) in [5.41, 5.74) is 3.55. The standard InChI is InChI=1S/C15H23NO3/c1-11-9-13(10-12(2)15(11)19-4)5-7-16(3)8-6-14(17)18/h9-10H,5-8H2,1-4H3,(H,17,18). The van der Waals surface area contributed by atoms with Crippen molar-refractivity contribution >= 4 is 5.97 Å². The predicted molar refractivity (Wildman–Crippen MR) is 75.9 cm³/mol. The van der Waals surface area contributed by atoms with Crippen LogP contribution in [0.5, 0.6) is 5.75 Å². The number of carbonyl (C=O) groups is 1. The van der Waals surface area contributed by atoms with Gasteiger partial charge in [0.1, 0.15) is 5.75 Å². The van der Waals surface area contributed by atoms with Gasteiger partial charge in [-0.15, -0.1) is 0 Å². The summed E-state index contributed by atoms with van der Waals surface area (Å²) < 4.78 is 5.35. The van der Waals surface area contributed by atoms with Gasteiger partial charge in [-0.05, 0) is 44.0 Å². The topological polar surface area (TPSA) is 49.8 Å². The van der Waals surface area contributed by atoms with Crippen molar-refractivity contribution in [3.63, 3.8) is 0 Å². The summed E-state index contributed by atoms with van der Waals surface area (Å²) in [6.07, 6.45) is 1.11. The molecule has 0 aliphatic rings. The van der Waals surface area contributed by atoms with Gasteiger partial charge in [0.2, 0.25) is 0 Å². The first kappa shape index (κ1) is 15.5. The van der Waals surface area contributed by atoms with Crippen LogP contribution >= 0.6 is 0 Å². The number of benzene rings is 1. The van der Waals surface area contributed by atoms with Gasteiger partial charge < -0.3 is 14.7 Å². The van der Waals surface area contributed by atoms with Crippen molar-refractivity contribution in [3.8, 4) is 5.75 Å². The van der Waals surface area contributed by atoms with E-state index >= 15 is 0 Å². The summed E-state index contributed by atoms with van der Waals surface area (Å²) in [4.78, 5) is 12.5. The second kappa shape index (κ2) is 7.14. The van der Waals surface area contributed by atoms with Crippen LogP contribution in [0.1, 0.15) is 23.1 Å². The number of ether oxygens (including phenoxy) is 1. The summed E-state index contributed by atoms with van der Waals surface area (Å²) in [5.74, 6) is 0.200. The zero-order valence-corrected chi connectivity index (χ0v) is 12.2. The molecule has 0 aromatic heterocycles. The normalized spacial score (nSPS) is 10.8. The number of carboxylic acids is 1. The molecule has 0 heterocycles. The summed E-state index contributed by atoms with van der Waals surface area (Å²) in [5, 5.41) is 8.64. The molecule has 106 valence electrons. The minimum absolute atomic E-state index is 0.192. The van der Waals surface area contributed by atoms with Gasteiger partial charge >= 0.3 is 5.97 Å². The van der Waals surface area contributed by atoms with E-state index in [0.717, 1.165) is 29.8 Å². The zero-order valence-electron chi connectivity index (χ0n) is 12.2. The fraction of sp³-hybridized carbons (Fsp3) is 0.533. The molecule has 1 aromatic rings. The van der Waals surface area contributed by atoms with Gasteiger partial charge in [-0.2, -0.15) is 0 Å². The van der Waals surface area contributed by atoms with E-state index in [1.165, 1.54) is 5.56 Å². The zero-order chi connectivity index (χ0) is 14.4. The number of hydrogen-bond donors (Lipinski definition) is 1. The predicted octanol–water partition coefficient (Wildman–Crippen LogP) is 2.26. The van der Waals surface area contributed by atoms with Gasteiger partial charge in [0.25, 0.3) is 0 Å². The highest BCUT2D eigenvalue weighted by molar-refractivity contribution is 5.66. The molecule has 0 unspecified atom stereocenters. The number of likely N-dealkylation sites (N-methyl/N-ethyl adjacent to an activating group) is 1. The maximum absolute atomic E-state index is 10.5. The summed E-state index contributed by atoms with van der Waals surface area (Å²) in [6, 6.07) is 4.27. The third-order valence-electron chi connectivity index (χ3n) is 3.21. The fourth-order valence-electron chi connectivity index (χ4n) is 2.22. The summed E-state index contributed by atoms with van der Waals surface area (Å²) in [7, 11) is 3.64. The number of carboxylic acid groups (broad SMARTS) is 1. The molecule has 1 N–H and O–H groups in total. The van der Waals surface area contributed by atoms with Crippen molar-refractivity contribution in [2.45, 2.75) is 26.7 Å². The second-order valence-corrected chi connectivity index (χ2v) is 4.96. The van der Waals surface area contributed by atoms with Gasteiger partial charge in [0.05, 0.1) is 13.5 Å². The first-order chi connectivity index (χ1) is 8.93. The van der Waals surface area contributed by atoms with Gasteiger partial charge in [0, 0.05) is 13.1 Å². The van der Waals surface area contributed by atoms with Crippen molar-refractivity contribution in [2.24, 2.45) is 0 Å². The molecule has 0 aliphatic carbocycles. The summed E-state index contributed by atoms with van der Waals surface area (Å²) >= 11 is 0. The largest absolute Gasteiger partial charge is 0.496 e. The third kappa shape index (κ3) is 4.91. The quantitative estimate of drug-likeness (QED) is 0.821. The van der Waals surface area contributed by atoms with Crippen LogP contribution in [0.4, 0.5) is 0 Å². The van der Waals surface area contributed by atoms with Crippen LogP contribution in [0.3, 0.4) is 0 Å². The van der Waals surface area contributed by atoms with E-state index in [4.69, 9.17) is 9.84 Å². The van der Waals surface area contributed by atoms with Gasteiger partial charge in [-0.25, -0.2) is 0 Å². The highest BCUT2D eigenvalue weighted by Crippen LogP contribution is 2.24. The van der Waals surface area contributed by atoms with E-state index in [2.05, 4.69) is 12.1 Å². The Kier molecular flexibility index (Phi) is 5.83. The molecule has 1 rings (SSSR count). The number of hydrogen-bond acceptors (Lipinski definition) is 3. The van der Waals surface area contributed by atoms with Crippen LogP contribution in [0.2, 0.25) is 0 Å². The van der Waals surface area contributed by atoms with Crippen molar-refractivity contribution in [1.29, 1.82) is 0 Å². The highest BCUT2D eigenvalue weighted by Gasteiger charge is 2.07. The average Bonchev–Trinajstić information content (AvgIpc) is 2.33. The molecule has 0 aliphatic heterocycles. The van der Waals surface area contributed by atoms with Crippen molar-refractivity contribution in [1.82, 2.24) is 4.90 Å². The maximum Gasteiger partial charge on any atom is 0.304 e. The lowest BCUT2D eigenvalue weighted by Gasteiger charge is -2.16. The number of aryl methyl sites for hydroxylation is 2. The first-order valence-corrected chi connectivity index (χ1v) is 6.48. The third-order valence-corrected chi connectivity index (χ3v) is 3.21. The van der Waals surface area contributed by atoms with E-state index in [-0.39, 0.29) is 6.42 Å². The number of nitrogens with zero attached hydrogens (tertiary/aromatic N) is 1. The van der Waals surface area contributed by atoms with Crippen molar-refractivity contribution in [3.05, 3.63) is 28.8 Å². The van der Waals surface area contributed by atoms with E-state index in [9.17, 15) is 4.79 Å². The van der Waals surface area contributed by atoms with E-state index < -0.39 is 5.97 Å². The van der Waals surface area contributed by atoms with Crippen LogP contribution in [0.15, 0.2) is 12.1 Å². The van der Waals surface area contributed by atoms with Gasteiger partial charge in [-0.3, -0.25) is 4.79 Å². The smallest absolute Gasteiger partial charge is 0.304 e. The molecule has 0 atom stereocenters. The Labute approximate surface area is 115 Å². The van der Waals surface area contributed by atoms with Gasteiger partial charge in [-0.1, -0.05) is 12.1 Å². The fourth-order valence-corrected chi connectivity index (χ4v) is 2.22. The monoisotopic (exact) mass is 265 g/mol. The molecule has 0 saturated heterocycles. The molecule has 0 amide bonds. The maximum atomic E-state index is 10.5. The SMILES string of the molecule is COc1c(C)cc(CCN(C)CCC(=O)O)cc1C. The van der Waals surface area contributed by atoms with Gasteiger partial charge in [0.15, 0.2) is 0 Å². The molecular weight excluding hydrogens is 242 g/mol. The minimum atomic E-state index is -0.747. The Morgan fingerprint density at radius 3 is 2.32 bits per heavy atom. The molecule has 0 radical (unpaired) electrons. The summed E-state index contributed by atoms with van der Waals surface area (Å²) in [6.45, 7) is 5.54. The Balaban J connectivity index is 2.56. The van der Waals surface area contributed by atoms with E-state index in [0.29, 0.717) is 6.54 Å². The van der Waals surface area contributed by atoms with Crippen LogP contribution < -0.4 is 4.74 Å². The van der Waals surface area contributed by atoms with E-state index in [1.54, 1.807) is 7.11 Å². The molecule has 0 saturated carbocycles. The molecular formula is C15H23NO3. The van der Waals surface area contributed by atoms with Crippen LogP contribution in [-0.2, 0) is 11.2 Å². The Morgan fingerprint density at radius 1 is 1.26 bits per heavy atom. The molecule has 4 heteroatoms. The van der Waals surface area contributed by atoms with Crippen LogP contribution in [0, 0.1) is 13.8 Å². The van der Waals surface area contributed by atoms with Crippen LogP contribution in [0.25, 0.3) is 0 Å². The number of rotatable bonds is 7. The second-order valence-electron chi connectivity index (χ2n) is 4.96. The van der Waals surface area contributed by atoms with E-state index in [1.807, 2.05) is 25.8 Å². The lowest BCUT2D eigenvalue weighted by atomic mass is 10.0. The number of methoxy groups -OCH3 is 1. The minimum Gasteiger partial charge on any atom is -0.496 e. The first-order valence-electron chi connectivity index (χ1n) is 6.48. The molecule has 0 fully saturated rings. The number of aliphatic carboxylic acids is 1. The Hall–Kier alpha value is -1.55. The van der Waals surface area contributed by atoms with Crippen molar-refractivity contribution < 1.29 is 14.6 Å². The molecule has 1 aromatic carbocycles. The molecule has 0 spiro atoms.